The maximum Gasteiger partial charge on any atom is 0.239 e. The number of aliphatic imine (C=N–C) groups is 1. The van der Waals surface area contributed by atoms with Crippen molar-refractivity contribution >= 4 is 11.9 Å². The Hall–Kier alpha value is -2.02. The predicted octanol–water partition coefficient (Wildman–Crippen LogP) is -0.250. The highest BCUT2D eigenvalue weighted by molar-refractivity contribution is 5.86. The number of guanidine groups is 1. The lowest BCUT2D eigenvalue weighted by Gasteiger charge is -2.11. The predicted molar refractivity (Wildman–Crippen MR) is 76.7 cm³/mol. The van der Waals surface area contributed by atoms with E-state index in [9.17, 15) is 4.79 Å². The highest BCUT2D eigenvalue weighted by atomic mass is 16.5. The third kappa shape index (κ3) is 6.79. The summed E-state index contributed by atoms with van der Waals surface area (Å²) in [6.07, 6.45) is 2.40. The van der Waals surface area contributed by atoms with Crippen molar-refractivity contribution in [1.29, 1.82) is 0 Å². The molecule has 0 saturated carbocycles. The minimum absolute atomic E-state index is 0.101. The Morgan fingerprint density at radius 3 is 2.85 bits per heavy atom. The lowest BCUT2D eigenvalue weighted by Crippen LogP contribution is -2.44. The number of carbonyl (C=O) groups excluding carboxylic acids is 1. The second-order valence-corrected chi connectivity index (χ2v) is 4.02. The van der Waals surface area contributed by atoms with Crippen LogP contribution >= 0.6 is 0 Å². The van der Waals surface area contributed by atoms with Gasteiger partial charge in [-0.25, -0.2) is 0 Å². The van der Waals surface area contributed by atoms with Gasteiger partial charge >= 0.3 is 0 Å². The molecular formula is C13H22N4O3. The molecule has 1 aromatic heterocycles. The topological polar surface area (TPSA) is 87.9 Å². The molecule has 112 valence electrons. The molecule has 0 aliphatic carbocycles. The van der Waals surface area contributed by atoms with Gasteiger partial charge in [0, 0.05) is 33.7 Å². The summed E-state index contributed by atoms with van der Waals surface area (Å²) in [5.41, 5.74) is 0. The Bertz CT molecular complexity index is 404. The van der Waals surface area contributed by atoms with Crippen LogP contribution in [0.2, 0.25) is 0 Å². The number of rotatable bonds is 8. The molecule has 0 aliphatic rings. The van der Waals surface area contributed by atoms with E-state index in [1.54, 1.807) is 20.4 Å². The van der Waals surface area contributed by atoms with Crippen LogP contribution in [-0.2, 0) is 16.0 Å². The minimum Gasteiger partial charge on any atom is -0.469 e. The largest absolute Gasteiger partial charge is 0.469 e. The van der Waals surface area contributed by atoms with Crippen LogP contribution in [0.4, 0.5) is 0 Å². The van der Waals surface area contributed by atoms with E-state index in [2.05, 4.69) is 20.9 Å². The first kappa shape index (κ1) is 16.0. The van der Waals surface area contributed by atoms with Crippen LogP contribution in [0, 0.1) is 0 Å². The third-order valence-corrected chi connectivity index (χ3v) is 2.51. The number of hydrogen-bond acceptors (Lipinski definition) is 4. The van der Waals surface area contributed by atoms with E-state index in [0.29, 0.717) is 25.7 Å². The smallest absolute Gasteiger partial charge is 0.239 e. The molecule has 0 aliphatic heterocycles. The summed E-state index contributed by atoms with van der Waals surface area (Å²) >= 11 is 0. The summed E-state index contributed by atoms with van der Waals surface area (Å²) in [7, 11) is 3.25. The lowest BCUT2D eigenvalue weighted by molar-refractivity contribution is -0.120. The zero-order chi connectivity index (χ0) is 14.6. The number of hydrogen-bond donors (Lipinski definition) is 3. The lowest BCUT2D eigenvalue weighted by atomic mass is 10.3. The summed E-state index contributed by atoms with van der Waals surface area (Å²) in [5, 5.41) is 8.75. The van der Waals surface area contributed by atoms with Gasteiger partial charge in [0.1, 0.15) is 5.76 Å². The Morgan fingerprint density at radius 2 is 2.20 bits per heavy atom. The van der Waals surface area contributed by atoms with E-state index in [1.807, 2.05) is 12.1 Å². The molecule has 1 heterocycles. The number of nitrogens with zero attached hydrogens (tertiary/aromatic N) is 1. The van der Waals surface area contributed by atoms with Crippen LogP contribution in [0.3, 0.4) is 0 Å². The summed E-state index contributed by atoms with van der Waals surface area (Å²) in [6, 6.07) is 3.77. The van der Waals surface area contributed by atoms with Gasteiger partial charge in [-0.2, -0.15) is 0 Å². The fourth-order valence-corrected chi connectivity index (χ4v) is 1.50. The summed E-state index contributed by atoms with van der Waals surface area (Å²) in [4.78, 5) is 15.5. The van der Waals surface area contributed by atoms with Crippen molar-refractivity contribution in [1.82, 2.24) is 16.0 Å². The first-order valence-electron chi connectivity index (χ1n) is 6.48. The molecule has 1 amide bonds. The summed E-state index contributed by atoms with van der Waals surface area (Å²) in [6.45, 7) is 1.85. The number of methoxy groups -OCH3 is 1. The number of furan rings is 1. The second-order valence-electron chi connectivity index (χ2n) is 4.02. The van der Waals surface area contributed by atoms with E-state index in [1.165, 1.54) is 0 Å². The van der Waals surface area contributed by atoms with Gasteiger partial charge in [0.15, 0.2) is 5.96 Å². The van der Waals surface area contributed by atoms with Crippen LogP contribution in [0.5, 0.6) is 0 Å². The van der Waals surface area contributed by atoms with E-state index < -0.39 is 0 Å². The van der Waals surface area contributed by atoms with Gasteiger partial charge in [0.2, 0.25) is 5.91 Å². The molecule has 7 heteroatoms. The van der Waals surface area contributed by atoms with Crippen molar-refractivity contribution in [3.63, 3.8) is 0 Å². The first-order valence-corrected chi connectivity index (χ1v) is 6.48. The second kappa shape index (κ2) is 9.85. The van der Waals surface area contributed by atoms with Crippen LogP contribution in [-0.4, -0.2) is 52.3 Å². The maximum absolute atomic E-state index is 11.5. The highest BCUT2D eigenvalue weighted by Crippen LogP contribution is 1.99. The Labute approximate surface area is 118 Å². The Kier molecular flexibility index (Phi) is 7.90. The molecule has 1 aromatic rings. The van der Waals surface area contributed by atoms with Crippen LogP contribution in [0.15, 0.2) is 27.8 Å². The van der Waals surface area contributed by atoms with E-state index in [0.717, 1.165) is 12.2 Å². The van der Waals surface area contributed by atoms with Gasteiger partial charge in [-0.15, -0.1) is 0 Å². The quantitative estimate of drug-likeness (QED) is 0.348. The van der Waals surface area contributed by atoms with Gasteiger partial charge in [0.05, 0.1) is 19.4 Å². The molecule has 1 rings (SSSR count). The number of nitrogens with one attached hydrogen (secondary N) is 3. The number of amides is 1. The average molecular weight is 282 g/mol. The molecule has 20 heavy (non-hydrogen) atoms. The van der Waals surface area contributed by atoms with Crippen LogP contribution < -0.4 is 16.0 Å². The first-order chi connectivity index (χ1) is 9.76. The van der Waals surface area contributed by atoms with Crippen molar-refractivity contribution in [2.24, 2.45) is 4.99 Å². The van der Waals surface area contributed by atoms with Crippen molar-refractivity contribution in [2.75, 3.05) is 40.4 Å². The molecule has 3 N–H and O–H groups in total. The molecule has 0 spiro atoms. The Balaban J connectivity index is 2.14. The number of carbonyl (C=O) groups is 1. The minimum atomic E-state index is -0.101. The highest BCUT2D eigenvalue weighted by Gasteiger charge is 2.03. The van der Waals surface area contributed by atoms with Crippen LogP contribution in [0.25, 0.3) is 0 Å². The molecule has 0 radical (unpaired) electrons. The van der Waals surface area contributed by atoms with E-state index in [4.69, 9.17) is 9.15 Å². The maximum atomic E-state index is 11.5. The molecule has 0 bridgehead atoms. The van der Waals surface area contributed by atoms with Gasteiger partial charge in [0.25, 0.3) is 0 Å². The monoisotopic (exact) mass is 282 g/mol. The van der Waals surface area contributed by atoms with Gasteiger partial charge in [-0.05, 0) is 12.1 Å². The Morgan fingerprint density at radius 1 is 1.35 bits per heavy atom. The van der Waals surface area contributed by atoms with Gasteiger partial charge in [-0.1, -0.05) is 0 Å². The zero-order valence-electron chi connectivity index (χ0n) is 11.9. The fourth-order valence-electron chi connectivity index (χ4n) is 1.50. The summed E-state index contributed by atoms with van der Waals surface area (Å²) in [5.74, 6) is 1.39. The fraction of sp³-hybridized carbons (Fsp3) is 0.538. The van der Waals surface area contributed by atoms with Gasteiger partial charge < -0.3 is 25.1 Å². The van der Waals surface area contributed by atoms with Crippen molar-refractivity contribution in [2.45, 2.75) is 6.42 Å². The zero-order valence-corrected chi connectivity index (χ0v) is 11.9. The molecule has 0 fully saturated rings. The van der Waals surface area contributed by atoms with Crippen LogP contribution in [0.1, 0.15) is 5.76 Å². The molecule has 0 unspecified atom stereocenters. The van der Waals surface area contributed by atoms with E-state index >= 15 is 0 Å². The average Bonchev–Trinajstić information content (AvgIpc) is 2.96. The molecule has 0 aromatic carbocycles. The number of ether oxygens (including phenoxy) is 1. The molecule has 0 atom stereocenters. The molecule has 7 nitrogen and oxygen atoms in total. The van der Waals surface area contributed by atoms with Gasteiger partial charge in [-0.3, -0.25) is 9.79 Å². The van der Waals surface area contributed by atoms with Crippen molar-refractivity contribution in [3.05, 3.63) is 24.2 Å². The molecular weight excluding hydrogens is 260 g/mol. The summed E-state index contributed by atoms with van der Waals surface area (Å²) < 4.78 is 10.1. The standard InChI is InChI=1S/C13H22N4O3/c1-14-13(16-6-5-11-4-3-8-20-11)17-10-12(18)15-7-9-19-2/h3-4,8H,5-7,9-10H2,1-2H3,(H,15,18)(H2,14,16,17). The molecule has 0 saturated heterocycles. The normalized spacial score (nSPS) is 11.2. The SMILES string of the molecule is CN=C(NCCc1ccco1)NCC(=O)NCCOC. The third-order valence-electron chi connectivity index (χ3n) is 2.51. The van der Waals surface area contributed by atoms with E-state index in [-0.39, 0.29) is 12.5 Å². The van der Waals surface area contributed by atoms with Crippen molar-refractivity contribution < 1.29 is 13.9 Å². The van der Waals surface area contributed by atoms with Crippen molar-refractivity contribution in [3.8, 4) is 0 Å².